The summed E-state index contributed by atoms with van der Waals surface area (Å²) in [7, 11) is 0. The molecule has 292 valence electrons. The second-order valence-corrected chi connectivity index (χ2v) is 17.3. The van der Waals surface area contributed by atoms with E-state index < -0.39 is 52.9 Å². The Morgan fingerprint density at radius 3 is 1.87 bits per heavy atom. The Morgan fingerprint density at radius 2 is 1.27 bits per heavy atom. The van der Waals surface area contributed by atoms with Crippen LogP contribution in [0.15, 0.2) is 78.9 Å². The minimum absolute atomic E-state index is 0.0772. The van der Waals surface area contributed by atoms with E-state index in [9.17, 15) is 32.3 Å². The second kappa shape index (κ2) is 15.1. The summed E-state index contributed by atoms with van der Waals surface area (Å²) >= 11 is 0. The van der Waals surface area contributed by atoms with Crippen LogP contribution in [0.2, 0.25) is 0 Å². The van der Waals surface area contributed by atoms with Gasteiger partial charge in [0.25, 0.3) is 0 Å². The van der Waals surface area contributed by atoms with Gasteiger partial charge in [0.15, 0.2) is 5.78 Å². The van der Waals surface area contributed by atoms with Crippen LogP contribution in [0.1, 0.15) is 96.0 Å². The lowest BCUT2D eigenvalue weighted by Gasteiger charge is -2.39. The SMILES string of the molecule is CC(COC(=O)C(C)(C)CC(C)(CC(C)(C)C(=O)Oc1ccc2ccc(C(=O)c3ccc4ccccc4c3)cc2c1)C(=O)OC1CC2CCC1C2)C(F)(F)F. The molecule has 2 aliphatic rings. The van der Waals surface area contributed by atoms with Gasteiger partial charge in [-0.1, -0.05) is 61.5 Å². The molecule has 2 aliphatic carbocycles. The van der Waals surface area contributed by atoms with Gasteiger partial charge < -0.3 is 14.2 Å². The molecular formula is C45H49F3O7. The fourth-order valence-corrected chi connectivity index (χ4v) is 8.57. The van der Waals surface area contributed by atoms with Crippen LogP contribution in [0.25, 0.3) is 21.5 Å². The Hall–Kier alpha value is -4.73. The predicted octanol–water partition coefficient (Wildman–Crippen LogP) is 10.4. The number of benzene rings is 4. The van der Waals surface area contributed by atoms with Crippen molar-refractivity contribution in [3.8, 4) is 5.75 Å². The molecule has 6 rings (SSSR count). The van der Waals surface area contributed by atoms with Crippen LogP contribution < -0.4 is 4.74 Å². The molecule has 0 saturated heterocycles. The van der Waals surface area contributed by atoms with E-state index in [1.54, 1.807) is 57.2 Å². The first-order valence-electron chi connectivity index (χ1n) is 19.0. The third-order valence-corrected chi connectivity index (χ3v) is 11.5. The number of ketones is 1. The zero-order chi connectivity index (χ0) is 39.9. The number of fused-ring (bicyclic) bond motifs is 4. The normalized spacial score (nSPS) is 20.2. The minimum atomic E-state index is -4.53. The molecule has 0 N–H and O–H groups in total. The topological polar surface area (TPSA) is 96.0 Å². The first-order chi connectivity index (χ1) is 25.7. The molecule has 0 amide bonds. The van der Waals surface area contributed by atoms with Crippen LogP contribution in [0.3, 0.4) is 0 Å². The molecule has 55 heavy (non-hydrogen) atoms. The van der Waals surface area contributed by atoms with Crippen LogP contribution in [0.4, 0.5) is 13.2 Å². The van der Waals surface area contributed by atoms with Crippen molar-refractivity contribution in [2.75, 3.05) is 6.61 Å². The summed E-state index contributed by atoms with van der Waals surface area (Å²) in [5.74, 6) is -3.08. The summed E-state index contributed by atoms with van der Waals surface area (Å²) in [4.78, 5) is 54.8. The molecule has 10 heteroatoms. The summed E-state index contributed by atoms with van der Waals surface area (Å²) < 4.78 is 56.7. The summed E-state index contributed by atoms with van der Waals surface area (Å²) in [5.41, 5.74) is -3.06. The third kappa shape index (κ3) is 8.89. The molecule has 0 spiro atoms. The number of ether oxygens (including phenoxy) is 3. The lowest BCUT2D eigenvalue weighted by atomic mass is 9.66. The zero-order valence-corrected chi connectivity index (χ0v) is 32.3. The molecule has 0 radical (unpaired) electrons. The number of carbonyl (C=O) groups excluding carboxylic acids is 4. The summed E-state index contributed by atoms with van der Waals surface area (Å²) in [5, 5.41) is 3.52. The molecule has 7 nitrogen and oxygen atoms in total. The predicted molar refractivity (Wildman–Crippen MR) is 203 cm³/mol. The number of hydrogen-bond acceptors (Lipinski definition) is 7. The molecule has 2 saturated carbocycles. The standard InChI is InChI=1S/C45H49F3O7/c1-27(45(46,47)48)24-53-39(50)42(2,3)25-44(6,41(52)55-37-20-28-11-12-32(37)19-28)26-43(4,5)40(51)54-36-18-17-30-14-16-34(22-35(30)23-36)38(49)33-15-13-29-9-7-8-10-31(29)21-33/h7-10,13-18,21-23,27-28,32,37H,11-12,19-20,24-26H2,1-6H3. The van der Waals surface area contributed by atoms with Crippen molar-refractivity contribution in [1.82, 2.24) is 0 Å². The number of hydrogen-bond donors (Lipinski definition) is 0. The average Bonchev–Trinajstić information content (AvgIpc) is 3.75. The van der Waals surface area contributed by atoms with E-state index in [1.165, 1.54) is 13.8 Å². The molecule has 0 heterocycles. The van der Waals surface area contributed by atoms with Gasteiger partial charge in [0, 0.05) is 11.1 Å². The Kier molecular flexibility index (Phi) is 10.9. The van der Waals surface area contributed by atoms with E-state index in [0.717, 1.165) is 48.8 Å². The van der Waals surface area contributed by atoms with Gasteiger partial charge in [-0.05, 0) is 131 Å². The summed E-state index contributed by atoms with van der Waals surface area (Å²) in [6.45, 7) is 8.07. The number of carbonyl (C=O) groups is 4. The average molecular weight is 759 g/mol. The van der Waals surface area contributed by atoms with Crippen LogP contribution in [0.5, 0.6) is 5.75 Å². The summed E-state index contributed by atoms with van der Waals surface area (Å²) in [6, 6.07) is 23.9. The fourth-order valence-electron chi connectivity index (χ4n) is 8.57. The van der Waals surface area contributed by atoms with Gasteiger partial charge >= 0.3 is 24.1 Å². The van der Waals surface area contributed by atoms with Crippen molar-refractivity contribution in [3.05, 3.63) is 90.0 Å². The van der Waals surface area contributed by atoms with Crippen molar-refractivity contribution in [3.63, 3.8) is 0 Å². The lowest BCUT2D eigenvalue weighted by Crippen LogP contribution is -2.45. The van der Waals surface area contributed by atoms with Crippen molar-refractivity contribution in [1.29, 1.82) is 0 Å². The molecule has 5 unspecified atom stereocenters. The first-order valence-corrected chi connectivity index (χ1v) is 19.0. The third-order valence-electron chi connectivity index (χ3n) is 11.5. The Labute approximate surface area is 319 Å². The van der Waals surface area contributed by atoms with E-state index in [-0.39, 0.29) is 36.4 Å². The molecule has 2 fully saturated rings. The molecule has 5 atom stereocenters. The number of alkyl halides is 3. The Balaban J connectivity index is 1.20. The molecular weight excluding hydrogens is 709 g/mol. The maximum Gasteiger partial charge on any atom is 0.394 e. The first kappa shape index (κ1) is 39.9. The quantitative estimate of drug-likeness (QED) is 0.0761. The second-order valence-electron chi connectivity index (χ2n) is 17.3. The Bertz CT molecular complexity index is 2120. The highest BCUT2D eigenvalue weighted by Gasteiger charge is 2.51. The van der Waals surface area contributed by atoms with Gasteiger partial charge in [0.05, 0.1) is 22.2 Å². The zero-order valence-electron chi connectivity index (χ0n) is 32.3. The molecule has 0 aliphatic heterocycles. The maximum absolute atomic E-state index is 14.2. The molecule has 0 aromatic heterocycles. The van der Waals surface area contributed by atoms with Gasteiger partial charge in [-0.15, -0.1) is 0 Å². The Morgan fingerprint density at radius 1 is 0.691 bits per heavy atom. The van der Waals surface area contributed by atoms with E-state index >= 15 is 0 Å². The highest BCUT2D eigenvalue weighted by Crippen LogP contribution is 2.49. The highest BCUT2D eigenvalue weighted by atomic mass is 19.4. The van der Waals surface area contributed by atoms with Crippen LogP contribution in [-0.4, -0.2) is 42.6 Å². The highest BCUT2D eigenvalue weighted by molar-refractivity contribution is 6.12. The van der Waals surface area contributed by atoms with Crippen molar-refractivity contribution < 1.29 is 46.6 Å². The van der Waals surface area contributed by atoms with Crippen LogP contribution in [-0.2, 0) is 23.9 Å². The summed E-state index contributed by atoms with van der Waals surface area (Å²) in [6.07, 6.45) is -1.19. The number of esters is 3. The molecule has 4 aromatic rings. The van der Waals surface area contributed by atoms with Crippen molar-refractivity contribution in [2.45, 2.75) is 92.3 Å². The number of rotatable bonds is 13. The van der Waals surface area contributed by atoms with E-state index in [0.29, 0.717) is 22.4 Å². The van der Waals surface area contributed by atoms with E-state index in [1.807, 2.05) is 42.5 Å². The largest absolute Gasteiger partial charge is 0.465 e. The number of halogens is 3. The van der Waals surface area contributed by atoms with E-state index in [2.05, 4.69) is 0 Å². The lowest BCUT2D eigenvalue weighted by molar-refractivity contribution is -0.190. The molecule has 4 aromatic carbocycles. The maximum atomic E-state index is 14.2. The van der Waals surface area contributed by atoms with Crippen molar-refractivity contribution >= 4 is 45.2 Å². The molecule has 2 bridgehead atoms. The van der Waals surface area contributed by atoms with Gasteiger partial charge in [-0.3, -0.25) is 19.2 Å². The smallest absolute Gasteiger partial charge is 0.394 e. The van der Waals surface area contributed by atoms with Crippen LogP contribution in [0, 0.1) is 34.0 Å². The fraction of sp³-hybridized carbons (Fsp3) is 0.467. The van der Waals surface area contributed by atoms with Gasteiger partial charge in [-0.2, -0.15) is 13.2 Å². The van der Waals surface area contributed by atoms with Gasteiger partial charge in [-0.25, -0.2) is 0 Å². The van der Waals surface area contributed by atoms with E-state index in [4.69, 9.17) is 14.2 Å². The van der Waals surface area contributed by atoms with Crippen molar-refractivity contribution in [2.24, 2.45) is 34.0 Å². The van der Waals surface area contributed by atoms with Crippen LogP contribution >= 0.6 is 0 Å². The minimum Gasteiger partial charge on any atom is -0.465 e. The monoisotopic (exact) mass is 758 g/mol. The van der Waals surface area contributed by atoms with Gasteiger partial charge in [0.1, 0.15) is 18.5 Å². The van der Waals surface area contributed by atoms with Gasteiger partial charge in [0.2, 0.25) is 0 Å².